The van der Waals surface area contributed by atoms with E-state index in [-0.39, 0.29) is 11.6 Å². The fraction of sp³-hybridized carbons (Fsp3) is 0.929. The number of nitrogens with zero attached hydrogens (tertiary/aromatic N) is 2. The molecule has 18 heavy (non-hydrogen) atoms. The van der Waals surface area contributed by atoms with Crippen molar-refractivity contribution in [2.45, 2.75) is 57.9 Å². The van der Waals surface area contributed by atoms with Crippen LogP contribution >= 0.6 is 0 Å². The van der Waals surface area contributed by atoms with Crippen LogP contribution in [0, 0.1) is 0 Å². The third-order valence-corrected chi connectivity index (χ3v) is 4.45. The highest BCUT2D eigenvalue weighted by molar-refractivity contribution is 5.75. The monoisotopic (exact) mass is 255 g/mol. The van der Waals surface area contributed by atoms with Gasteiger partial charge in [-0.25, -0.2) is 4.79 Å². The minimum absolute atomic E-state index is 0.115. The predicted molar refractivity (Wildman–Crippen MR) is 75.6 cm³/mol. The average molecular weight is 255 g/mol. The van der Waals surface area contributed by atoms with E-state index in [0.29, 0.717) is 6.54 Å². The number of amides is 2. The molecule has 2 N–H and O–H groups in total. The van der Waals surface area contributed by atoms with Crippen LogP contribution in [0.1, 0.15) is 52.4 Å². The van der Waals surface area contributed by atoms with Gasteiger partial charge in [-0.1, -0.05) is 25.7 Å². The van der Waals surface area contributed by atoms with Gasteiger partial charge in [0.2, 0.25) is 0 Å². The maximum atomic E-state index is 12.5. The Kier molecular flexibility index (Phi) is 5.93. The molecule has 1 aliphatic rings. The summed E-state index contributed by atoms with van der Waals surface area (Å²) in [6.45, 7) is 6.16. The lowest BCUT2D eigenvalue weighted by Gasteiger charge is -2.42. The van der Waals surface area contributed by atoms with Crippen molar-refractivity contribution in [1.29, 1.82) is 0 Å². The fourth-order valence-electron chi connectivity index (χ4n) is 2.97. The van der Waals surface area contributed by atoms with Crippen molar-refractivity contribution in [3.8, 4) is 0 Å². The van der Waals surface area contributed by atoms with Crippen LogP contribution in [0.3, 0.4) is 0 Å². The zero-order chi connectivity index (χ0) is 13.6. The molecule has 4 nitrogen and oxygen atoms in total. The summed E-state index contributed by atoms with van der Waals surface area (Å²) in [5, 5.41) is 0. The lowest BCUT2D eigenvalue weighted by Crippen LogP contribution is -2.57. The summed E-state index contributed by atoms with van der Waals surface area (Å²) in [6.07, 6.45) is 7.02. The van der Waals surface area contributed by atoms with Crippen molar-refractivity contribution < 1.29 is 4.79 Å². The zero-order valence-corrected chi connectivity index (χ0v) is 12.2. The first kappa shape index (κ1) is 15.3. The smallest absolute Gasteiger partial charge is 0.320 e. The van der Waals surface area contributed by atoms with Crippen LogP contribution in [0.25, 0.3) is 0 Å². The van der Waals surface area contributed by atoms with Gasteiger partial charge in [-0.2, -0.15) is 0 Å². The molecule has 2 amide bonds. The van der Waals surface area contributed by atoms with Crippen molar-refractivity contribution >= 4 is 6.03 Å². The predicted octanol–water partition coefficient (Wildman–Crippen LogP) is 2.43. The number of rotatable bonds is 4. The quantitative estimate of drug-likeness (QED) is 0.784. The van der Waals surface area contributed by atoms with E-state index in [1.165, 1.54) is 25.7 Å². The second kappa shape index (κ2) is 6.98. The molecule has 0 aromatic carbocycles. The summed E-state index contributed by atoms with van der Waals surface area (Å²) >= 11 is 0. The van der Waals surface area contributed by atoms with Gasteiger partial charge in [-0.05, 0) is 26.7 Å². The Morgan fingerprint density at radius 2 is 1.61 bits per heavy atom. The number of carbonyl (C=O) groups excluding carboxylic acids is 1. The maximum Gasteiger partial charge on any atom is 0.320 e. The number of likely N-dealkylation sites (N-methyl/N-ethyl adjacent to an activating group) is 1. The van der Waals surface area contributed by atoms with Gasteiger partial charge in [0.15, 0.2) is 0 Å². The molecule has 1 rings (SSSR count). The number of carbonyl (C=O) groups is 1. The second-order valence-electron chi connectivity index (χ2n) is 5.36. The molecular weight excluding hydrogens is 226 g/mol. The van der Waals surface area contributed by atoms with E-state index >= 15 is 0 Å². The largest absolute Gasteiger partial charge is 0.328 e. The number of nitrogens with two attached hydrogens (primary N) is 1. The highest BCUT2D eigenvalue weighted by Crippen LogP contribution is 2.31. The maximum absolute atomic E-state index is 12.5. The molecule has 0 aromatic heterocycles. The molecule has 4 heteroatoms. The molecule has 0 atom stereocenters. The molecule has 1 saturated carbocycles. The zero-order valence-electron chi connectivity index (χ0n) is 12.2. The number of hydrogen-bond donors (Lipinski definition) is 1. The molecule has 0 heterocycles. The van der Waals surface area contributed by atoms with Gasteiger partial charge in [0, 0.05) is 26.7 Å². The first-order valence-electron chi connectivity index (χ1n) is 7.34. The molecule has 1 aliphatic carbocycles. The summed E-state index contributed by atoms with van der Waals surface area (Å²) in [7, 11) is 1.93. The van der Waals surface area contributed by atoms with Crippen LogP contribution in [0.15, 0.2) is 0 Å². The minimum Gasteiger partial charge on any atom is -0.328 e. The van der Waals surface area contributed by atoms with Crippen molar-refractivity contribution in [2.75, 3.05) is 26.7 Å². The molecule has 0 bridgehead atoms. The molecule has 106 valence electrons. The Balaban J connectivity index is 2.82. The molecule has 0 spiro atoms. The van der Waals surface area contributed by atoms with E-state index in [0.717, 1.165) is 25.9 Å². The number of hydrogen-bond acceptors (Lipinski definition) is 2. The Labute approximate surface area is 111 Å². The summed E-state index contributed by atoms with van der Waals surface area (Å²) in [5.74, 6) is 0. The molecule has 0 radical (unpaired) electrons. The van der Waals surface area contributed by atoms with E-state index in [1.807, 2.05) is 30.7 Å². The van der Waals surface area contributed by atoms with Gasteiger partial charge in [-0.15, -0.1) is 0 Å². The highest BCUT2D eigenvalue weighted by atomic mass is 16.2. The van der Waals surface area contributed by atoms with E-state index in [9.17, 15) is 4.79 Å². The van der Waals surface area contributed by atoms with Crippen LogP contribution in [-0.4, -0.2) is 48.1 Å². The van der Waals surface area contributed by atoms with Gasteiger partial charge in [0.25, 0.3) is 0 Å². The van der Waals surface area contributed by atoms with Crippen LogP contribution in [0.5, 0.6) is 0 Å². The Morgan fingerprint density at radius 3 is 2.00 bits per heavy atom. The Hall–Kier alpha value is -0.770. The van der Waals surface area contributed by atoms with E-state index in [1.54, 1.807) is 0 Å². The number of urea groups is 1. The topological polar surface area (TPSA) is 49.6 Å². The first-order chi connectivity index (χ1) is 8.61. The van der Waals surface area contributed by atoms with Crippen LogP contribution in [0.2, 0.25) is 0 Å². The van der Waals surface area contributed by atoms with Crippen LogP contribution in [0.4, 0.5) is 4.79 Å². The molecular formula is C14H29N3O. The average Bonchev–Trinajstić information content (AvgIpc) is 2.65. The molecule has 0 saturated heterocycles. The van der Waals surface area contributed by atoms with Gasteiger partial charge >= 0.3 is 6.03 Å². The summed E-state index contributed by atoms with van der Waals surface area (Å²) in [6, 6.07) is 0.132. The van der Waals surface area contributed by atoms with Crippen molar-refractivity contribution in [1.82, 2.24) is 9.80 Å². The van der Waals surface area contributed by atoms with Crippen LogP contribution < -0.4 is 5.73 Å². The van der Waals surface area contributed by atoms with Gasteiger partial charge in [0.1, 0.15) is 0 Å². The van der Waals surface area contributed by atoms with E-state index in [2.05, 4.69) is 0 Å². The summed E-state index contributed by atoms with van der Waals surface area (Å²) < 4.78 is 0. The highest BCUT2D eigenvalue weighted by Gasteiger charge is 2.37. The Bertz CT molecular complexity index is 256. The lowest BCUT2D eigenvalue weighted by atomic mass is 9.88. The van der Waals surface area contributed by atoms with Gasteiger partial charge in [-0.3, -0.25) is 0 Å². The SMILES string of the molecule is CCN(CC)C(=O)N(C)C1(CN)CCCCCC1. The lowest BCUT2D eigenvalue weighted by molar-refractivity contribution is 0.0975. The molecule has 1 fully saturated rings. The van der Waals surface area contributed by atoms with E-state index < -0.39 is 0 Å². The summed E-state index contributed by atoms with van der Waals surface area (Å²) in [4.78, 5) is 16.3. The minimum atomic E-state index is -0.115. The fourth-order valence-corrected chi connectivity index (χ4v) is 2.97. The van der Waals surface area contributed by atoms with Crippen molar-refractivity contribution in [2.24, 2.45) is 5.73 Å². The third kappa shape index (κ3) is 3.16. The molecule has 0 aromatic rings. The standard InChI is InChI=1S/C14H29N3O/c1-4-17(5-2)13(18)16(3)14(12-15)10-8-6-7-9-11-14/h4-12,15H2,1-3H3. The van der Waals surface area contributed by atoms with Gasteiger partial charge in [0.05, 0.1) is 5.54 Å². The molecule has 0 aliphatic heterocycles. The van der Waals surface area contributed by atoms with Crippen molar-refractivity contribution in [3.63, 3.8) is 0 Å². The third-order valence-electron chi connectivity index (χ3n) is 4.45. The first-order valence-corrected chi connectivity index (χ1v) is 7.34. The second-order valence-corrected chi connectivity index (χ2v) is 5.36. The Morgan fingerprint density at radius 1 is 1.11 bits per heavy atom. The summed E-state index contributed by atoms with van der Waals surface area (Å²) in [5.41, 5.74) is 5.90. The molecule has 0 unspecified atom stereocenters. The van der Waals surface area contributed by atoms with Crippen LogP contribution in [-0.2, 0) is 0 Å². The van der Waals surface area contributed by atoms with E-state index in [4.69, 9.17) is 5.73 Å². The van der Waals surface area contributed by atoms with Gasteiger partial charge < -0.3 is 15.5 Å². The normalized spacial score (nSPS) is 19.1. The van der Waals surface area contributed by atoms with Crippen molar-refractivity contribution in [3.05, 3.63) is 0 Å².